The molecule has 1 rings (SSSR count). The van der Waals surface area contributed by atoms with Gasteiger partial charge in [-0.25, -0.2) is 4.79 Å². The van der Waals surface area contributed by atoms with Gasteiger partial charge in [0.15, 0.2) is 0 Å². The second kappa shape index (κ2) is 12.6. The SMILES string of the molecule is CCCCC(=O)N(Cc1ccccc1)CC(O)C(CC(C)C)NC(=O)OC(C)(C)C. The van der Waals surface area contributed by atoms with Gasteiger partial charge in [0.1, 0.15) is 5.60 Å². The van der Waals surface area contributed by atoms with Crippen LogP contribution in [0.25, 0.3) is 0 Å². The number of amides is 2. The number of rotatable bonds is 11. The van der Waals surface area contributed by atoms with Crippen molar-refractivity contribution in [3.8, 4) is 0 Å². The fourth-order valence-corrected chi connectivity index (χ4v) is 3.18. The van der Waals surface area contributed by atoms with Crippen molar-refractivity contribution < 1.29 is 19.4 Å². The molecule has 6 heteroatoms. The third-order valence-electron chi connectivity index (χ3n) is 4.61. The van der Waals surface area contributed by atoms with E-state index in [9.17, 15) is 14.7 Å². The van der Waals surface area contributed by atoms with Crippen molar-refractivity contribution >= 4 is 12.0 Å². The van der Waals surface area contributed by atoms with E-state index in [0.717, 1.165) is 18.4 Å². The minimum absolute atomic E-state index is 0.0142. The first-order chi connectivity index (χ1) is 14.0. The lowest BCUT2D eigenvalue weighted by atomic mass is 9.98. The van der Waals surface area contributed by atoms with E-state index in [4.69, 9.17) is 4.74 Å². The number of unbranched alkanes of at least 4 members (excludes halogenated alkanes) is 1. The van der Waals surface area contributed by atoms with Gasteiger partial charge in [0.2, 0.25) is 5.91 Å². The molecule has 0 bridgehead atoms. The molecule has 0 aliphatic carbocycles. The summed E-state index contributed by atoms with van der Waals surface area (Å²) in [7, 11) is 0. The van der Waals surface area contributed by atoms with Crippen molar-refractivity contribution in [3.05, 3.63) is 35.9 Å². The summed E-state index contributed by atoms with van der Waals surface area (Å²) in [5.74, 6) is 0.276. The van der Waals surface area contributed by atoms with E-state index in [1.54, 1.807) is 25.7 Å². The number of nitrogens with one attached hydrogen (secondary N) is 1. The van der Waals surface area contributed by atoms with Crippen LogP contribution in [0.15, 0.2) is 30.3 Å². The van der Waals surface area contributed by atoms with Crippen LogP contribution >= 0.6 is 0 Å². The van der Waals surface area contributed by atoms with Crippen molar-refractivity contribution in [2.24, 2.45) is 5.92 Å². The minimum atomic E-state index is -0.894. The van der Waals surface area contributed by atoms with Gasteiger partial charge in [0.05, 0.1) is 12.1 Å². The third-order valence-corrected chi connectivity index (χ3v) is 4.61. The molecule has 1 aromatic carbocycles. The van der Waals surface area contributed by atoms with Gasteiger partial charge in [-0.05, 0) is 45.1 Å². The highest BCUT2D eigenvalue weighted by molar-refractivity contribution is 5.76. The molecule has 0 radical (unpaired) electrons. The molecule has 1 aromatic rings. The molecule has 2 N–H and O–H groups in total. The van der Waals surface area contributed by atoms with Crippen molar-refractivity contribution in [2.45, 2.75) is 91.5 Å². The molecule has 0 saturated heterocycles. The Balaban J connectivity index is 2.91. The van der Waals surface area contributed by atoms with Crippen LogP contribution in [0.3, 0.4) is 0 Å². The Labute approximate surface area is 182 Å². The van der Waals surface area contributed by atoms with Crippen molar-refractivity contribution in [3.63, 3.8) is 0 Å². The first-order valence-electron chi connectivity index (χ1n) is 11.0. The van der Waals surface area contributed by atoms with Crippen LogP contribution in [-0.2, 0) is 16.1 Å². The number of aliphatic hydroxyl groups excluding tert-OH is 1. The number of carbonyl (C=O) groups excluding carboxylic acids is 2. The standard InChI is InChI=1S/C24H40N2O4/c1-7-8-14-22(28)26(16-19-12-10-9-11-13-19)17-21(27)20(15-18(2)3)25-23(29)30-24(4,5)6/h9-13,18,20-21,27H,7-8,14-17H2,1-6H3,(H,25,29). The van der Waals surface area contributed by atoms with E-state index in [1.165, 1.54) is 0 Å². The summed E-state index contributed by atoms with van der Waals surface area (Å²) in [4.78, 5) is 26.8. The van der Waals surface area contributed by atoms with Crippen molar-refractivity contribution in [2.75, 3.05) is 6.54 Å². The maximum atomic E-state index is 12.8. The van der Waals surface area contributed by atoms with E-state index in [2.05, 4.69) is 5.32 Å². The van der Waals surface area contributed by atoms with E-state index < -0.39 is 23.8 Å². The molecule has 0 fully saturated rings. The molecule has 0 aliphatic rings. The van der Waals surface area contributed by atoms with Crippen molar-refractivity contribution in [1.29, 1.82) is 0 Å². The molecule has 2 unspecified atom stereocenters. The number of ether oxygens (including phenoxy) is 1. The van der Waals surface area contributed by atoms with Crippen LogP contribution in [0.5, 0.6) is 0 Å². The molecule has 2 atom stereocenters. The lowest BCUT2D eigenvalue weighted by Crippen LogP contribution is -2.50. The first-order valence-corrected chi connectivity index (χ1v) is 11.0. The monoisotopic (exact) mass is 420 g/mol. The predicted molar refractivity (Wildman–Crippen MR) is 120 cm³/mol. The average molecular weight is 421 g/mol. The van der Waals surface area contributed by atoms with Gasteiger partial charge < -0.3 is 20.1 Å². The molecule has 6 nitrogen and oxygen atoms in total. The quantitative estimate of drug-likeness (QED) is 0.552. The Morgan fingerprint density at radius 1 is 1.17 bits per heavy atom. The lowest BCUT2D eigenvalue weighted by Gasteiger charge is -2.32. The predicted octanol–water partition coefficient (Wildman–Crippen LogP) is 4.51. The van der Waals surface area contributed by atoms with Crippen LogP contribution in [0.4, 0.5) is 4.79 Å². The van der Waals surface area contributed by atoms with E-state index in [-0.39, 0.29) is 18.4 Å². The summed E-state index contributed by atoms with van der Waals surface area (Å²) >= 11 is 0. The van der Waals surface area contributed by atoms with Crippen LogP contribution in [-0.4, -0.2) is 46.3 Å². The molecular weight excluding hydrogens is 380 g/mol. The first kappa shape index (κ1) is 26.0. The summed E-state index contributed by atoms with van der Waals surface area (Å²) < 4.78 is 5.36. The van der Waals surface area contributed by atoms with E-state index >= 15 is 0 Å². The minimum Gasteiger partial charge on any atom is -0.444 e. The molecule has 0 spiro atoms. The van der Waals surface area contributed by atoms with E-state index in [0.29, 0.717) is 19.4 Å². The summed E-state index contributed by atoms with van der Waals surface area (Å²) in [5.41, 5.74) is 0.391. The van der Waals surface area contributed by atoms with Crippen LogP contribution in [0.1, 0.15) is 72.8 Å². The smallest absolute Gasteiger partial charge is 0.407 e. The van der Waals surface area contributed by atoms with Gasteiger partial charge in [-0.3, -0.25) is 4.79 Å². The highest BCUT2D eigenvalue weighted by Gasteiger charge is 2.28. The molecule has 170 valence electrons. The number of carbonyl (C=O) groups is 2. The highest BCUT2D eigenvalue weighted by Crippen LogP contribution is 2.15. The summed E-state index contributed by atoms with van der Waals surface area (Å²) in [6.07, 6.45) is 1.33. The van der Waals surface area contributed by atoms with Crippen molar-refractivity contribution in [1.82, 2.24) is 10.2 Å². The van der Waals surface area contributed by atoms with Gasteiger partial charge in [-0.15, -0.1) is 0 Å². The highest BCUT2D eigenvalue weighted by atomic mass is 16.6. The largest absolute Gasteiger partial charge is 0.444 e. The molecule has 0 saturated carbocycles. The lowest BCUT2D eigenvalue weighted by molar-refractivity contribution is -0.133. The summed E-state index contributed by atoms with van der Waals surface area (Å²) in [6, 6.07) is 9.24. The zero-order valence-electron chi connectivity index (χ0n) is 19.5. The Morgan fingerprint density at radius 2 is 1.80 bits per heavy atom. The fraction of sp³-hybridized carbons (Fsp3) is 0.667. The number of nitrogens with zero attached hydrogens (tertiary/aromatic N) is 1. The maximum absolute atomic E-state index is 12.8. The number of benzene rings is 1. The van der Waals surface area contributed by atoms with E-state index in [1.807, 2.05) is 51.1 Å². The van der Waals surface area contributed by atoms with Gasteiger partial charge >= 0.3 is 6.09 Å². The molecule has 0 heterocycles. The van der Waals surface area contributed by atoms with Crippen LogP contribution in [0.2, 0.25) is 0 Å². The molecular formula is C24H40N2O4. The summed E-state index contributed by atoms with van der Waals surface area (Å²) in [5, 5.41) is 13.8. The Kier molecular flexibility index (Phi) is 10.9. The number of hydrogen-bond donors (Lipinski definition) is 2. The fourth-order valence-electron chi connectivity index (χ4n) is 3.18. The van der Waals surface area contributed by atoms with Gasteiger partial charge in [0.25, 0.3) is 0 Å². The third kappa shape index (κ3) is 10.6. The van der Waals surface area contributed by atoms with Gasteiger partial charge in [-0.2, -0.15) is 0 Å². The second-order valence-corrected chi connectivity index (χ2v) is 9.31. The molecule has 0 aliphatic heterocycles. The number of aliphatic hydroxyl groups is 1. The second-order valence-electron chi connectivity index (χ2n) is 9.31. The molecule has 0 aromatic heterocycles. The van der Waals surface area contributed by atoms with Crippen LogP contribution < -0.4 is 5.32 Å². The Morgan fingerprint density at radius 3 is 2.33 bits per heavy atom. The topological polar surface area (TPSA) is 78.9 Å². The molecule has 2 amide bonds. The Hall–Kier alpha value is -2.08. The maximum Gasteiger partial charge on any atom is 0.407 e. The Bertz CT molecular complexity index is 640. The zero-order valence-corrected chi connectivity index (χ0v) is 19.5. The van der Waals surface area contributed by atoms with Crippen LogP contribution in [0, 0.1) is 5.92 Å². The number of hydrogen-bond acceptors (Lipinski definition) is 4. The normalized spacial score (nSPS) is 13.6. The van der Waals surface area contributed by atoms with Gasteiger partial charge in [-0.1, -0.05) is 57.5 Å². The molecule has 30 heavy (non-hydrogen) atoms. The zero-order chi connectivity index (χ0) is 22.7. The summed E-state index contributed by atoms with van der Waals surface area (Å²) in [6.45, 7) is 12.1. The number of alkyl carbamates (subject to hydrolysis) is 1. The average Bonchev–Trinajstić information content (AvgIpc) is 2.63. The van der Waals surface area contributed by atoms with Gasteiger partial charge in [0, 0.05) is 19.5 Å².